The first kappa shape index (κ1) is 23.2. The van der Waals surface area contributed by atoms with Gasteiger partial charge in [-0.1, -0.05) is 13.0 Å². The van der Waals surface area contributed by atoms with Crippen LogP contribution < -0.4 is 15.4 Å². The Labute approximate surface area is 192 Å². The largest absolute Gasteiger partial charge is 0.478 e. The molecule has 0 aliphatic carbocycles. The third-order valence-corrected chi connectivity index (χ3v) is 7.94. The molecule has 176 valence electrons. The van der Waals surface area contributed by atoms with Gasteiger partial charge in [-0.15, -0.1) is 0 Å². The van der Waals surface area contributed by atoms with Crippen molar-refractivity contribution in [1.29, 1.82) is 0 Å². The van der Waals surface area contributed by atoms with Gasteiger partial charge in [0.1, 0.15) is 11.6 Å². The maximum Gasteiger partial charge on any atom is 0.265 e. The van der Waals surface area contributed by atoms with Gasteiger partial charge in [0.15, 0.2) is 6.10 Å². The molecule has 2 aliphatic rings. The minimum Gasteiger partial charge on any atom is -0.478 e. The predicted molar refractivity (Wildman–Crippen MR) is 121 cm³/mol. The molecule has 2 heterocycles. The van der Waals surface area contributed by atoms with E-state index in [2.05, 4.69) is 10.6 Å². The molecule has 2 N–H and O–H groups in total. The Morgan fingerprint density at radius 1 is 1.21 bits per heavy atom. The first-order valence-electron chi connectivity index (χ1n) is 10.9. The van der Waals surface area contributed by atoms with Crippen LogP contribution in [-0.4, -0.2) is 43.7 Å². The zero-order valence-electron chi connectivity index (χ0n) is 18.4. The lowest BCUT2D eigenvalue weighted by molar-refractivity contribution is -0.123. The Kier molecular flexibility index (Phi) is 6.40. The Bertz CT molecular complexity index is 1190. The van der Waals surface area contributed by atoms with Gasteiger partial charge in [-0.05, 0) is 62.1 Å². The van der Waals surface area contributed by atoms with E-state index in [4.69, 9.17) is 4.74 Å². The van der Waals surface area contributed by atoms with E-state index < -0.39 is 21.9 Å². The highest BCUT2D eigenvalue weighted by atomic mass is 32.2. The number of anilines is 2. The van der Waals surface area contributed by atoms with Crippen molar-refractivity contribution in [1.82, 2.24) is 4.31 Å². The number of piperidine rings is 1. The standard InChI is InChI=1S/C23H26FN3O5S/c1-3-20-23(29)26-19-13-17(6-7-21(19)32-20)33(30,31)27-10-8-15(9-11-27)22(28)25-16-5-4-14(2)18(24)12-16/h4-7,12-13,15,20H,3,8-11H2,1-2H3,(H,25,28)(H,26,29)/t20-/m1/s1. The topological polar surface area (TPSA) is 105 Å². The lowest BCUT2D eigenvalue weighted by Crippen LogP contribution is -2.41. The van der Waals surface area contributed by atoms with E-state index in [-0.39, 0.29) is 35.7 Å². The zero-order chi connectivity index (χ0) is 23.8. The van der Waals surface area contributed by atoms with Crippen molar-refractivity contribution in [3.63, 3.8) is 0 Å². The Morgan fingerprint density at radius 3 is 2.61 bits per heavy atom. The molecular formula is C23H26FN3O5S. The van der Waals surface area contributed by atoms with Gasteiger partial charge in [0.25, 0.3) is 5.91 Å². The monoisotopic (exact) mass is 475 g/mol. The number of carbonyl (C=O) groups excluding carboxylic acids is 2. The van der Waals surface area contributed by atoms with Crippen molar-refractivity contribution >= 4 is 33.2 Å². The minimum atomic E-state index is -3.81. The first-order chi connectivity index (χ1) is 15.7. The number of sulfonamides is 1. The van der Waals surface area contributed by atoms with Gasteiger partial charge in [-0.25, -0.2) is 12.8 Å². The highest BCUT2D eigenvalue weighted by Crippen LogP contribution is 2.34. The van der Waals surface area contributed by atoms with E-state index in [9.17, 15) is 22.4 Å². The maximum atomic E-state index is 13.7. The summed E-state index contributed by atoms with van der Waals surface area (Å²) in [6.07, 6.45) is 0.610. The quantitative estimate of drug-likeness (QED) is 0.691. The summed E-state index contributed by atoms with van der Waals surface area (Å²) < 4.78 is 47.0. The van der Waals surface area contributed by atoms with Crippen LogP contribution in [0.3, 0.4) is 0 Å². The van der Waals surface area contributed by atoms with E-state index in [1.54, 1.807) is 25.1 Å². The molecule has 0 aromatic heterocycles. The molecule has 2 amide bonds. The second kappa shape index (κ2) is 9.11. The number of halogens is 1. The molecule has 0 radical (unpaired) electrons. The highest BCUT2D eigenvalue weighted by molar-refractivity contribution is 7.89. The second-order valence-corrected chi connectivity index (χ2v) is 10.2. The Balaban J connectivity index is 1.41. The summed E-state index contributed by atoms with van der Waals surface area (Å²) in [6, 6.07) is 8.91. The lowest BCUT2D eigenvalue weighted by Gasteiger charge is -2.31. The number of rotatable bonds is 5. The van der Waals surface area contributed by atoms with E-state index in [1.807, 2.05) is 6.92 Å². The molecule has 0 bridgehead atoms. The summed E-state index contributed by atoms with van der Waals surface area (Å²) in [5.74, 6) is -0.897. The summed E-state index contributed by atoms with van der Waals surface area (Å²) in [5.41, 5.74) is 1.19. The number of ether oxygens (including phenoxy) is 1. The molecule has 8 nitrogen and oxygen atoms in total. The van der Waals surface area contributed by atoms with E-state index in [0.29, 0.717) is 42.0 Å². The molecule has 0 spiro atoms. The number of carbonyl (C=O) groups is 2. The van der Waals surface area contributed by atoms with Crippen molar-refractivity contribution in [2.75, 3.05) is 23.7 Å². The zero-order valence-corrected chi connectivity index (χ0v) is 19.2. The Hall–Kier alpha value is -2.98. The van der Waals surface area contributed by atoms with Crippen molar-refractivity contribution in [2.45, 2.75) is 44.1 Å². The maximum absolute atomic E-state index is 13.7. The van der Waals surface area contributed by atoms with Gasteiger partial charge in [0, 0.05) is 24.7 Å². The number of fused-ring (bicyclic) bond motifs is 1. The molecule has 4 rings (SSSR count). The molecular weight excluding hydrogens is 449 g/mol. The predicted octanol–water partition coefficient (Wildman–Crippen LogP) is 3.28. The van der Waals surface area contributed by atoms with Crippen LogP contribution in [0.4, 0.5) is 15.8 Å². The molecule has 2 aromatic rings. The Morgan fingerprint density at radius 2 is 1.94 bits per heavy atom. The normalized spacial score (nSPS) is 19.4. The van der Waals surface area contributed by atoms with Crippen molar-refractivity contribution < 1.29 is 27.1 Å². The fraction of sp³-hybridized carbons (Fsp3) is 0.391. The molecule has 10 heteroatoms. The molecule has 0 unspecified atom stereocenters. The number of hydrogen-bond acceptors (Lipinski definition) is 5. The number of nitrogens with zero attached hydrogens (tertiary/aromatic N) is 1. The molecule has 2 aliphatic heterocycles. The summed E-state index contributed by atoms with van der Waals surface area (Å²) in [7, 11) is -3.81. The molecule has 1 fully saturated rings. The summed E-state index contributed by atoms with van der Waals surface area (Å²) in [5, 5.41) is 5.41. The van der Waals surface area contributed by atoms with E-state index in [0.717, 1.165) is 0 Å². The molecule has 1 atom stereocenters. The van der Waals surface area contributed by atoms with Crippen LogP contribution in [0.5, 0.6) is 5.75 Å². The average Bonchev–Trinajstić information content (AvgIpc) is 2.80. The van der Waals surface area contributed by atoms with E-state index >= 15 is 0 Å². The van der Waals surface area contributed by atoms with Crippen molar-refractivity contribution in [2.24, 2.45) is 5.92 Å². The molecule has 2 aromatic carbocycles. The molecule has 33 heavy (non-hydrogen) atoms. The summed E-state index contributed by atoms with van der Waals surface area (Å²) in [4.78, 5) is 24.7. The van der Waals surface area contributed by atoms with Gasteiger partial charge < -0.3 is 15.4 Å². The summed E-state index contributed by atoms with van der Waals surface area (Å²) >= 11 is 0. The molecule has 1 saturated heterocycles. The fourth-order valence-corrected chi connectivity index (χ4v) is 5.48. The van der Waals surface area contributed by atoms with E-state index in [1.165, 1.54) is 22.5 Å². The van der Waals surface area contributed by atoms with Gasteiger partial charge >= 0.3 is 0 Å². The third kappa shape index (κ3) is 4.72. The van der Waals surface area contributed by atoms with Crippen LogP contribution in [0.25, 0.3) is 0 Å². The average molecular weight is 476 g/mol. The first-order valence-corrected chi connectivity index (χ1v) is 12.3. The van der Waals surface area contributed by atoms with Crippen LogP contribution in [0, 0.1) is 18.7 Å². The van der Waals surface area contributed by atoms with Gasteiger partial charge in [-0.3, -0.25) is 9.59 Å². The van der Waals surface area contributed by atoms with Gasteiger partial charge in [0.05, 0.1) is 10.6 Å². The SMILES string of the molecule is CC[C@H]1Oc2ccc(S(=O)(=O)N3CCC(C(=O)Nc4ccc(C)c(F)c4)CC3)cc2NC1=O. The van der Waals surface area contributed by atoms with Crippen LogP contribution in [0.15, 0.2) is 41.3 Å². The number of nitrogens with one attached hydrogen (secondary N) is 2. The highest BCUT2D eigenvalue weighted by Gasteiger charge is 2.34. The number of benzene rings is 2. The van der Waals surface area contributed by atoms with Crippen LogP contribution >= 0.6 is 0 Å². The lowest BCUT2D eigenvalue weighted by atomic mass is 9.97. The number of aryl methyl sites for hydroxylation is 1. The molecule has 0 saturated carbocycles. The summed E-state index contributed by atoms with van der Waals surface area (Å²) in [6.45, 7) is 3.83. The minimum absolute atomic E-state index is 0.0538. The number of hydrogen-bond donors (Lipinski definition) is 2. The fourth-order valence-electron chi connectivity index (χ4n) is 3.98. The van der Waals surface area contributed by atoms with Crippen molar-refractivity contribution in [3.8, 4) is 5.75 Å². The van der Waals surface area contributed by atoms with Crippen LogP contribution in [0.1, 0.15) is 31.7 Å². The smallest absolute Gasteiger partial charge is 0.265 e. The van der Waals surface area contributed by atoms with Crippen LogP contribution in [0.2, 0.25) is 0 Å². The third-order valence-electron chi connectivity index (χ3n) is 6.04. The van der Waals surface area contributed by atoms with Crippen LogP contribution in [-0.2, 0) is 19.6 Å². The van der Waals surface area contributed by atoms with Crippen molar-refractivity contribution in [3.05, 3.63) is 47.8 Å². The number of amides is 2. The van der Waals surface area contributed by atoms with Gasteiger partial charge in [0.2, 0.25) is 15.9 Å². The second-order valence-electron chi connectivity index (χ2n) is 8.29. The van der Waals surface area contributed by atoms with Gasteiger partial charge in [-0.2, -0.15) is 4.31 Å².